The fourth-order valence-corrected chi connectivity index (χ4v) is 4.93. The summed E-state index contributed by atoms with van der Waals surface area (Å²) in [5, 5.41) is 0. The van der Waals surface area contributed by atoms with Gasteiger partial charge in [-0.15, -0.1) is 0 Å². The Balaban J connectivity index is 1.56. The molecule has 11 heteroatoms. The standard InChI is InChI=1S/C23H29N5O5S/c1-15-11-16(2)21(24-13-15)26-7-9-27(10-8-26)22(29)19-6-5-18(12-20(19)25-34(4,31)32)28-17(3)14-33-23(28)30/h5-6,11-13,17,25H,7-10,14H2,1-4H3. The lowest BCUT2D eigenvalue weighted by Gasteiger charge is -2.36. The van der Waals surface area contributed by atoms with Gasteiger partial charge in [-0.2, -0.15) is 0 Å². The van der Waals surface area contributed by atoms with Crippen molar-refractivity contribution in [3.8, 4) is 0 Å². The number of sulfonamides is 1. The molecule has 10 nitrogen and oxygen atoms in total. The smallest absolute Gasteiger partial charge is 0.414 e. The Kier molecular flexibility index (Phi) is 6.39. The minimum atomic E-state index is -3.66. The van der Waals surface area contributed by atoms with Gasteiger partial charge < -0.3 is 14.5 Å². The molecule has 0 saturated carbocycles. The first-order valence-corrected chi connectivity index (χ1v) is 13.0. The summed E-state index contributed by atoms with van der Waals surface area (Å²) in [4.78, 5) is 35.3. The predicted octanol–water partition coefficient (Wildman–Crippen LogP) is 2.38. The van der Waals surface area contributed by atoms with E-state index in [9.17, 15) is 18.0 Å². The van der Waals surface area contributed by atoms with Gasteiger partial charge in [0.05, 0.1) is 23.5 Å². The van der Waals surface area contributed by atoms with Crippen LogP contribution < -0.4 is 14.5 Å². The highest BCUT2D eigenvalue weighted by Crippen LogP contribution is 2.30. The quantitative estimate of drug-likeness (QED) is 0.689. The lowest BCUT2D eigenvalue weighted by molar-refractivity contribution is 0.0747. The summed E-state index contributed by atoms with van der Waals surface area (Å²) in [6, 6.07) is 6.59. The predicted molar refractivity (Wildman–Crippen MR) is 130 cm³/mol. The fourth-order valence-electron chi connectivity index (χ4n) is 4.36. The molecule has 1 aromatic heterocycles. The van der Waals surface area contributed by atoms with Crippen molar-refractivity contribution in [2.45, 2.75) is 26.8 Å². The second kappa shape index (κ2) is 9.13. The van der Waals surface area contributed by atoms with Crippen molar-refractivity contribution in [2.24, 2.45) is 0 Å². The van der Waals surface area contributed by atoms with Gasteiger partial charge in [0.2, 0.25) is 10.0 Å². The van der Waals surface area contributed by atoms with E-state index in [-0.39, 0.29) is 29.8 Å². The molecule has 1 atom stereocenters. The first-order chi connectivity index (χ1) is 16.0. The minimum Gasteiger partial charge on any atom is -0.447 e. The lowest BCUT2D eigenvalue weighted by Crippen LogP contribution is -2.49. The minimum absolute atomic E-state index is 0.135. The molecule has 2 fully saturated rings. The number of aromatic nitrogens is 1. The number of amides is 2. The van der Waals surface area contributed by atoms with Gasteiger partial charge >= 0.3 is 6.09 Å². The Hall–Kier alpha value is -3.34. The van der Waals surface area contributed by atoms with Crippen molar-refractivity contribution in [3.63, 3.8) is 0 Å². The number of nitrogens with zero attached hydrogens (tertiary/aromatic N) is 4. The molecule has 2 amide bonds. The van der Waals surface area contributed by atoms with Crippen LogP contribution in [0.15, 0.2) is 30.5 Å². The van der Waals surface area contributed by atoms with E-state index in [1.807, 2.05) is 27.0 Å². The van der Waals surface area contributed by atoms with Crippen molar-refractivity contribution in [2.75, 3.05) is 53.6 Å². The van der Waals surface area contributed by atoms with Crippen LogP contribution in [0.25, 0.3) is 0 Å². The number of rotatable bonds is 5. The molecule has 1 aromatic carbocycles. The average molecular weight is 488 g/mol. The zero-order valence-corrected chi connectivity index (χ0v) is 20.6. The van der Waals surface area contributed by atoms with Crippen LogP contribution in [0.1, 0.15) is 28.4 Å². The normalized spacial score (nSPS) is 18.8. The SMILES string of the molecule is Cc1cnc(N2CCN(C(=O)c3ccc(N4C(=O)OCC4C)cc3NS(C)(=O)=O)CC2)c(C)c1. The number of carbonyl (C=O) groups is 2. The molecular weight excluding hydrogens is 458 g/mol. The van der Waals surface area contributed by atoms with Crippen molar-refractivity contribution >= 4 is 39.2 Å². The third kappa shape index (κ3) is 4.93. The number of anilines is 3. The van der Waals surface area contributed by atoms with Crippen LogP contribution in [-0.2, 0) is 14.8 Å². The van der Waals surface area contributed by atoms with Crippen molar-refractivity contribution in [1.82, 2.24) is 9.88 Å². The van der Waals surface area contributed by atoms with E-state index in [1.165, 1.54) is 11.0 Å². The topological polar surface area (TPSA) is 112 Å². The second-order valence-electron chi connectivity index (χ2n) is 8.83. The van der Waals surface area contributed by atoms with E-state index in [0.717, 1.165) is 23.2 Å². The number of cyclic esters (lactones) is 1. The molecule has 4 rings (SSSR count). The number of pyridine rings is 1. The molecule has 182 valence electrons. The summed E-state index contributed by atoms with van der Waals surface area (Å²) in [6.07, 6.45) is 2.35. The van der Waals surface area contributed by atoms with Gasteiger partial charge in [-0.25, -0.2) is 18.2 Å². The lowest BCUT2D eigenvalue weighted by atomic mass is 10.1. The molecule has 2 aliphatic heterocycles. The molecule has 2 saturated heterocycles. The number of piperazine rings is 1. The van der Waals surface area contributed by atoms with Crippen LogP contribution >= 0.6 is 0 Å². The molecule has 2 aliphatic rings. The number of carbonyl (C=O) groups excluding carboxylic acids is 2. The third-order valence-electron chi connectivity index (χ3n) is 5.95. The highest BCUT2D eigenvalue weighted by molar-refractivity contribution is 7.92. The Labute approximate surface area is 199 Å². The molecular formula is C23H29N5O5S. The number of aryl methyl sites for hydroxylation is 2. The number of ether oxygens (including phenoxy) is 1. The summed E-state index contributed by atoms with van der Waals surface area (Å²) in [5.41, 5.74) is 3.01. The Bertz CT molecular complexity index is 1220. The van der Waals surface area contributed by atoms with Gasteiger partial charge in [-0.1, -0.05) is 6.07 Å². The first-order valence-electron chi connectivity index (χ1n) is 11.1. The van der Waals surface area contributed by atoms with Crippen LogP contribution in [0.3, 0.4) is 0 Å². The van der Waals surface area contributed by atoms with Gasteiger partial charge in [-0.3, -0.25) is 14.4 Å². The van der Waals surface area contributed by atoms with E-state index in [0.29, 0.717) is 31.9 Å². The second-order valence-corrected chi connectivity index (χ2v) is 10.6. The maximum Gasteiger partial charge on any atom is 0.414 e. The maximum absolute atomic E-state index is 13.4. The molecule has 34 heavy (non-hydrogen) atoms. The Morgan fingerprint density at radius 1 is 1.15 bits per heavy atom. The van der Waals surface area contributed by atoms with Crippen LogP contribution in [0, 0.1) is 13.8 Å². The Morgan fingerprint density at radius 2 is 1.85 bits per heavy atom. The number of nitrogens with one attached hydrogen (secondary N) is 1. The Morgan fingerprint density at radius 3 is 2.44 bits per heavy atom. The number of hydrogen-bond donors (Lipinski definition) is 1. The molecule has 0 aliphatic carbocycles. The molecule has 2 aromatic rings. The highest BCUT2D eigenvalue weighted by Gasteiger charge is 2.32. The molecule has 3 heterocycles. The maximum atomic E-state index is 13.4. The summed E-state index contributed by atoms with van der Waals surface area (Å²) in [6.45, 7) is 8.29. The van der Waals surface area contributed by atoms with Gasteiger partial charge in [0.25, 0.3) is 5.91 Å². The van der Waals surface area contributed by atoms with Gasteiger partial charge in [0.15, 0.2) is 0 Å². The van der Waals surface area contributed by atoms with E-state index >= 15 is 0 Å². The van der Waals surface area contributed by atoms with Crippen LogP contribution in [0.2, 0.25) is 0 Å². The van der Waals surface area contributed by atoms with Crippen LogP contribution in [-0.4, -0.2) is 75.4 Å². The van der Waals surface area contributed by atoms with Crippen LogP contribution in [0.5, 0.6) is 0 Å². The van der Waals surface area contributed by atoms with Gasteiger partial charge in [0, 0.05) is 38.1 Å². The summed E-state index contributed by atoms with van der Waals surface area (Å²) < 4.78 is 31.5. The molecule has 1 N–H and O–H groups in total. The first kappa shape index (κ1) is 23.8. The van der Waals surface area contributed by atoms with Crippen molar-refractivity contribution in [1.29, 1.82) is 0 Å². The van der Waals surface area contributed by atoms with Crippen LogP contribution in [0.4, 0.5) is 22.0 Å². The van der Waals surface area contributed by atoms with Crippen molar-refractivity contribution < 1.29 is 22.7 Å². The van der Waals surface area contributed by atoms with E-state index in [4.69, 9.17) is 4.74 Å². The monoisotopic (exact) mass is 487 g/mol. The van der Waals surface area contributed by atoms with E-state index in [2.05, 4.69) is 20.7 Å². The molecule has 0 bridgehead atoms. The largest absolute Gasteiger partial charge is 0.447 e. The highest BCUT2D eigenvalue weighted by atomic mass is 32.2. The zero-order chi connectivity index (χ0) is 24.6. The molecule has 1 unspecified atom stereocenters. The van der Waals surface area contributed by atoms with E-state index < -0.39 is 16.1 Å². The summed E-state index contributed by atoms with van der Waals surface area (Å²) >= 11 is 0. The molecule has 0 spiro atoms. The molecule has 0 radical (unpaired) electrons. The average Bonchev–Trinajstić information content (AvgIpc) is 3.10. The number of benzene rings is 1. The third-order valence-corrected chi connectivity index (χ3v) is 6.54. The summed E-state index contributed by atoms with van der Waals surface area (Å²) in [5.74, 6) is 0.635. The zero-order valence-electron chi connectivity index (χ0n) is 19.7. The van der Waals surface area contributed by atoms with Crippen molar-refractivity contribution in [3.05, 3.63) is 47.2 Å². The van der Waals surface area contributed by atoms with E-state index in [1.54, 1.807) is 17.0 Å². The van der Waals surface area contributed by atoms with Gasteiger partial charge in [0.1, 0.15) is 12.4 Å². The summed E-state index contributed by atoms with van der Waals surface area (Å²) in [7, 11) is -3.66. The fraction of sp³-hybridized carbons (Fsp3) is 0.435. The number of hydrogen-bond acceptors (Lipinski definition) is 7. The van der Waals surface area contributed by atoms with Gasteiger partial charge in [-0.05, 0) is 50.1 Å².